The molecule has 0 radical (unpaired) electrons. The first-order chi connectivity index (χ1) is 9.74. The first-order valence-electron chi connectivity index (χ1n) is 7.23. The van der Waals surface area contributed by atoms with Crippen molar-refractivity contribution in [3.8, 4) is 0 Å². The summed E-state index contributed by atoms with van der Waals surface area (Å²) in [5.74, 6) is -0.00382. The minimum absolute atomic E-state index is 0.00382. The van der Waals surface area contributed by atoms with E-state index in [-0.39, 0.29) is 12.0 Å². The van der Waals surface area contributed by atoms with Crippen LogP contribution in [0.5, 0.6) is 0 Å². The van der Waals surface area contributed by atoms with Gasteiger partial charge in [0.2, 0.25) is 0 Å². The number of β-amino-alcohol motifs (C(OH)–C–C–N with tert-alkyl or cyclic N) is 1. The number of aliphatic hydroxyl groups excluding tert-OH is 1. The highest BCUT2D eigenvalue weighted by molar-refractivity contribution is 6.99. The second-order valence-electron chi connectivity index (χ2n) is 5.61. The number of hydrogen-bond donors (Lipinski definition) is 1. The van der Waals surface area contributed by atoms with Crippen LogP contribution in [0.25, 0.3) is 0 Å². The molecule has 0 aromatic carbocycles. The number of nitrogens with zero attached hydrogens (tertiary/aromatic N) is 4. The Hall–Kier alpha value is -1.05. The van der Waals surface area contributed by atoms with Crippen molar-refractivity contribution in [2.24, 2.45) is 0 Å². The number of aromatic nitrogens is 2. The second-order valence-corrected chi connectivity index (χ2v) is 6.16. The van der Waals surface area contributed by atoms with Crippen LogP contribution in [0.4, 0.5) is 0 Å². The van der Waals surface area contributed by atoms with Gasteiger partial charge in [0, 0.05) is 25.7 Å². The monoisotopic (exact) mass is 296 g/mol. The lowest BCUT2D eigenvalue weighted by Gasteiger charge is -2.41. The number of hydrogen-bond acceptors (Lipinski definition) is 6. The lowest BCUT2D eigenvalue weighted by atomic mass is 9.99. The minimum Gasteiger partial charge on any atom is -0.392 e. The van der Waals surface area contributed by atoms with Gasteiger partial charge in [-0.15, -0.1) is 0 Å². The number of rotatable bonds is 2. The average molecular weight is 296 g/mol. The zero-order chi connectivity index (χ0) is 13.9. The molecular weight excluding hydrogens is 276 g/mol. The van der Waals surface area contributed by atoms with Crippen molar-refractivity contribution in [3.05, 3.63) is 11.9 Å². The van der Waals surface area contributed by atoms with Crippen LogP contribution in [0.1, 0.15) is 36.2 Å². The van der Waals surface area contributed by atoms with E-state index in [0.717, 1.165) is 63.6 Å². The zero-order valence-corrected chi connectivity index (χ0v) is 12.3. The van der Waals surface area contributed by atoms with Crippen molar-refractivity contribution in [3.63, 3.8) is 0 Å². The topological polar surface area (TPSA) is 69.6 Å². The molecule has 0 spiro atoms. The fraction of sp³-hybridized carbons (Fsp3) is 0.769. The summed E-state index contributed by atoms with van der Waals surface area (Å²) in [4.78, 5) is 16.4. The van der Waals surface area contributed by atoms with E-state index in [2.05, 4.69) is 13.6 Å². The molecule has 3 heterocycles. The van der Waals surface area contributed by atoms with Crippen molar-refractivity contribution >= 4 is 17.6 Å². The largest absolute Gasteiger partial charge is 0.392 e. The molecule has 1 aromatic rings. The highest BCUT2D eigenvalue weighted by Gasteiger charge is 2.30. The van der Waals surface area contributed by atoms with E-state index in [1.165, 1.54) is 0 Å². The van der Waals surface area contributed by atoms with Gasteiger partial charge in [0.1, 0.15) is 0 Å². The Morgan fingerprint density at radius 3 is 2.75 bits per heavy atom. The Bertz CT molecular complexity index is 445. The highest BCUT2D eigenvalue weighted by atomic mass is 32.1. The Morgan fingerprint density at radius 2 is 2.10 bits per heavy atom. The molecule has 20 heavy (non-hydrogen) atoms. The van der Waals surface area contributed by atoms with E-state index in [1.54, 1.807) is 6.20 Å². The van der Waals surface area contributed by atoms with Crippen molar-refractivity contribution in [1.29, 1.82) is 0 Å². The molecule has 6 nitrogen and oxygen atoms in total. The highest BCUT2D eigenvalue weighted by Crippen LogP contribution is 2.21. The maximum Gasteiger partial charge on any atom is 0.275 e. The summed E-state index contributed by atoms with van der Waals surface area (Å²) in [5, 5.41) is 9.76. The predicted molar refractivity (Wildman–Crippen MR) is 75.6 cm³/mol. The molecule has 1 N–H and O–H groups in total. The van der Waals surface area contributed by atoms with Gasteiger partial charge in [0.05, 0.1) is 24.0 Å². The van der Waals surface area contributed by atoms with Crippen LogP contribution in [0.2, 0.25) is 0 Å². The SMILES string of the molecule is O=C(c1cnsn1)N1CCC(N2CCCC(O)C2)CC1. The second kappa shape index (κ2) is 6.15. The molecule has 1 amide bonds. The molecule has 7 heteroatoms. The summed E-state index contributed by atoms with van der Waals surface area (Å²) in [6.07, 6.45) is 5.33. The fourth-order valence-corrected chi connectivity index (χ4v) is 3.58. The normalized spacial score (nSPS) is 25.9. The van der Waals surface area contributed by atoms with Gasteiger partial charge in [-0.2, -0.15) is 8.75 Å². The lowest BCUT2D eigenvalue weighted by Crippen LogP contribution is -2.50. The standard InChI is InChI=1S/C13H20N4O2S/c18-11-2-1-5-17(9-11)10-3-6-16(7-4-10)13(19)12-8-14-20-15-12/h8,10-11,18H,1-7,9H2. The third kappa shape index (κ3) is 2.99. The van der Waals surface area contributed by atoms with E-state index >= 15 is 0 Å². The Labute approximate surface area is 122 Å². The summed E-state index contributed by atoms with van der Waals surface area (Å²) in [7, 11) is 0. The predicted octanol–water partition coefficient (Wildman–Crippen LogP) is 0.599. The molecule has 1 aromatic heterocycles. The molecule has 3 rings (SSSR count). The Morgan fingerprint density at radius 1 is 1.30 bits per heavy atom. The molecular formula is C13H20N4O2S. The third-order valence-electron chi connectivity index (χ3n) is 4.28. The van der Waals surface area contributed by atoms with Gasteiger partial charge in [-0.05, 0) is 32.2 Å². The summed E-state index contributed by atoms with van der Waals surface area (Å²) in [6.45, 7) is 3.40. The number of likely N-dealkylation sites (tertiary alicyclic amines) is 2. The van der Waals surface area contributed by atoms with Gasteiger partial charge in [-0.1, -0.05) is 0 Å². The van der Waals surface area contributed by atoms with E-state index in [4.69, 9.17) is 0 Å². The summed E-state index contributed by atoms with van der Waals surface area (Å²) in [5.41, 5.74) is 0.460. The van der Waals surface area contributed by atoms with Gasteiger partial charge in [-0.25, -0.2) is 0 Å². The molecule has 2 aliphatic heterocycles. The van der Waals surface area contributed by atoms with Crippen molar-refractivity contribution in [2.45, 2.75) is 37.8 Å². The summed E-state index contributed by atoms with van der Waals surface area (Å²) < 4.78 is 7.89. The first-order valence-corrected chi connectivity index (χ1v) is 7.96. The van der Waals surface area contributed by atoms with E-state index in [9.17, 15) is 9.90 Å². The number of carbonyl (C=O) groups is 1. The van der Waals surface area contributed by atoms with Crippen LogP contribution >= 0.6 is 11.7 Å². The Kier molecular flexibility index (Phi) is 4.28. The number of carbonyl (C=O) groups excluding carboxylic acids is 1. The molecule has 0 saturated carbocycles. The van der Waals surface area contributed by atoms with E-state index in [0.29, 0.717) is 11.7 Å². The van der Waals surface area contributed by atoms with Crippen molar-refractivity contribution in [2.75, 3.05) is 26.2 Å². The molecule has 0 aliphatic carbocycles. The fourth-order valence-electron chi connectivity index (χ4n) is 3.17. The van der Waals surface area contributed by atoms with E-state index < -0.39 is 0 Å². The average Bonchev–Trinajstić information content (AvgIpc) is 3.01. The molecule has 2 aliphatic rings. The molecule has 2 saturated heterocycles. The van der Waals surface area contributed by atoms with Gasteiger partial charge in [0.25, 0.3) is 5.91 Å². The van der Waals surface area contributed by atoms with Gasteiger partial charge >= 0.3 is 0 Å². The first kappa shape index (κ1) is 13.9. The lowest BCUT2D eigenvalue weighted by molar-refractivity contribution is 0.0239. The third-order valence-corrected chi connectivity index (χ3v) is 4.75. The zero-order valence-electron chi connectivity index (χ0n) is 11.4. The van der Waals surface area contributed by atoms with Crippen LogP contribution in [0.15, 0.2) is 6.20 Å². The minimum atomic E-state index is -0.176. The maximum atomic E-state index is 12.2. The van der Waals surface area contributed by atoms with Gasteiger partial charge in [-0.3, -0.25) is 9.69 Å². The smallest absolute Gasteiger partial charge is 0.275 e. The van der Waals surface area contributed by atoms with Crippen LogP contribution in [-0.2, 0) is 0 Å². The van der Waals surface area contributed by atoms with Crippen molar-refractivity contribution < 1.29 is 9.90 Å². The molecule has 1 atom stereocenters. The molecule has 0 bridgehead atoms. The van der Waals surface area contributed by atoms with Crippen molar-refractivity contribution in [1.82, 2.24) is 18.5 Å². The van der Waals surface area contributed by atoms with Gasteiger partial charge < -0.3 is 10.0 Å². The van der Waals surface area contributed by atoms with Crippen LogP contribution < -0.4 is 0 Å². The number of piperidine rings is 2. The summed E-state index contributed by atoms with van der Waals surface area (Å²) in [6, 6.07) is 0.502. The van der Waals surface area contributed by atoms with Gasteiger partial charge in [0.15, 0.2) is 5.69 Å². The summed E-state index contributed by atoms with van der Waals surface area (Å²) >= 11 is 1.07. The molecule has 2 fully saturated rings. The Balaban J connectivity index is 1.53. The number of aliphatic hydroxyl groups is 1. The van der Waals surface area contributed by atoms with Crippen LogP contribution in [0.3, 0.4) is 0 Å². The van der Waals surface area contributed by atoms with E-state index in [1.807, 2.05) is 4.90 Å². The molecule has 1 unspecified atom stereocenters. The quantitative estimate of drug-likeness (QED) is 0.865. The van der Waals surface area contributed by atoms with Crippen LogP contribution in [-0.4, -0.2) is 67.9 Å². The molecule has 110 valence electrons. The maximum absolute atomic E-state index is 12.2. The number of amides is 1. The van der Waals surface area contributed by atoms with Crippen LogP contribution in [0, 0.1) is 0 Å².